The minimum atomic E-state index is -0.149. The zero-order valence-corrected chi connectivity index (χ0v) is 19.9. The number of hydrogen-bond donors (Lipinski definition) is 1. The third kappa shape index (κ3) is 5.63. The van der Waals surface area contributed by atoms with Gasteiger partial charge in [0.25, 0.3) is 5.91 Å². The van der Waals surface area contributed by atoms with Gasteiger partial charge >= 0.3 is 0 Å². The molecule has 0 saturated carbocycles. The standard InChI is InChI=1S/C29H28N4O3/c34-27(30-26-13-16-32(17-14-26)29(35)25-15-18-36-21-25)12-11-24-20-33(19-22-7-3-1-4-8-22)31-28(24)23-9-5-2-6-10-23/h1-12,15,18,20-21,26H,13-14,16-17,19H2,(H,30,34)/b12-11+. The number of piperidine rings is 1. The van der Waals surface area contributed by atoms with Gasteiger partial charge in [0.05, 0.1) is 24.1 Å². The fraction of sp³-hybridized carbons (Fsp3) is 0.207. The van der Waals surface area contributed by atoms with Crippen molar-refractivity contribution in [3.05, 3.63) is 108 Å². The number of hydrogen-bond acceptors (Lipinski definition) is 4. The van der Waals surface area contributed by atoms with E-state index in [9.17, 15) is 9.59 Å². The van der Waals surface area contributed by atoms with Gasteiger partial charge in [-0.15, -0.1) is 0 Å². The first-order chi connectivity index (χ1) is 17.7. The number of rotatable bonds is 7. The molecule has 2 aromatic carbocycles. The Bertz CT molecular complexity index is 1320. The summed E-state index contributed by atoms with van der Waals surface area (Å²) in [6.45, 7) is 1.85. The molecule has 5 rings (SSSR count). The number of aromatic nitrogens is 2. The van der Waals surface area contributed by atoms with E-state index in [-0.39, 0.29) is 17.9 Å². The molecule has 2 amide bonds. The summed E-state index contributed by atoms with van der Waals surface area (Å²) in [5.41, 5.74) is 4.43. The fourth-order valence-corrected chi connectivity index (χ4v) is 4.44. The predicted octanol–water partition coefficient (Wildman–Crippen LogP) is 4.63. The monoisotopic (exact) mass is 480 g/mol. The Hall–Kier alpha value is -4.39. The number of carbonyl (C=O) groups excluding carboxylic acids is 2. The Morgan fingerprint density at radius 2 is 1.72 bits per heavy atom. The van der Waals surface area contributed by atoms with Crippen molar-refractivity contribution in [1.29, 1.82) is 0 Å². The highest BCUT2D eigenvalue weighted by Crippen LogP contribution is 2.23. The zero-order chi connectivity index (χ0) is 24.7. The van der Waals surface area contributed by atoms with Crippen molar-refractivity contribution >= 4 is 17.9 Å². The Morgan fingerprint density at radius 3 is 2.42 bits per heavy atom. The van der Waals surface area contributed by atoms with E-state index in [0.717, 1.165) is 22.4 Å². The second-order valence-corrected chi connectivity index (χ2v) is 8.90. The van der Waals surface area contributed by atoms with Crippen molar-refractivity contribution in [3.8, 4) is 11.3 Å². The van der Waals surface area contributed by atoms with Gasteiger partial charge in [0.1, 0.15) is 6.26 Å². The van der Waals surface area contributed by atoms with Crippen LogP contribution in [0.3, 0.4) is 0 Å². The molecule has 0 spiro atoms. The Balaban J connectivity index is 1.23. The van der Waals surface area contributed by atoms with Crippen molar-refractivity contribution in [1.82, 2.24) is 20.0 Å². The number of likely N-dealkylation sites (tertiary alicyclic amines) is 1. The van der Waals surface area contributed by atoms with Crippen LogP contribution < -0.4 is 5.32 Å². The maximum absolute atomic E-state index is 12.7. The molecule has 3 heterocycles. The molecule has 0 atom stereocenters. The molecule has 1 N–H and O–H groups in total. The number of furan rings is 1. The first kappa shape index (κ1) is 23.4. The Labute approximate surface area is 210 Å². The minimum Gasteiger partial charge on any atom is -0.472 e. The summed E-state index contributed by atoms with van der Waals surface area (Å²) in [7, 11) is 0. The van der Waals surface area contributed by atoms with Crippen LogP contribution in [0.2, 0.25) is 0 Å². The quantitative estimate of drug-likeness (QED) is 0.391. The number of amides is 2. The van der Waals surface area contributed by atoms with Crippen molar-refractivity contribution in [3.63, 3.8) is 0 Å². The molecule has 1 fully saturated rings. The van der Waals surface area contributed by atoms with E-state index in [1.807, 2.05) is 65.5 Å². The lowest BCUT2D eigenvalue weighted by atomic mass is 10.0. The average molecular weight is 481 g/mol. The van der Waals surface area contributed by atoms with Crippen LogP contribution in [0.1, 0.15) is 34.3 Å². The van der Waals surface area contributed by atoms with E-state index in [1.165, 1.54) is 12.5 Å². The summed E-state index contributed by atoms with van der Waals surface area (Å²) < 4.78 is 6.92. The maximum Gasteiger partial charge on any atom is 0.257 e. The number of nitrogens with one attached hydrogen (secondary N) is 1. The van der Waals surface area contributed by atoms with Gasteiger partial charge in [0.2, 0.25) is 5.91 Å². The molecule has 7 heteroatoms. The largest absolute Gasteiger partial charge is 0.472 e. The lowest BCUT2D eigenvalue weighted by molar-refractivity contribution is -0.117. The molecule has 0 bridgehead atoms. The van der Waals surface area contributed by atoms with Crippen molar-refractivity contribution < 1.29 is 14.0 Å². The van der Waals surface area contributed by atoms with E-state index >= 15 is 0 Å². The molecule has 182 valence electrons. The molecule has 1 aliphatic heterocycles. The summed E-state index contributed by atoms with van der Waals surface area (Å²) in [6.07, 6.45) is 9.76. The van der Waals surface area contributed by atoms with Gasteiger partial charge in [0, 0.05) is 42.5 Å². The van der Waals surface area contributed by atoms with E-state index in [2.05, 4.69) is 17.4 Å². The molecule has 36 heavy (non-hydrogen) atoms. The molecule has 1 saturated heterocycles. The molecule has 0 aliphatic carbocycles. The van der Waals surface area contributed by atoms with Gasteiger partial charge in [0.15, 0.2) is 0 Å². The number of carbonyl (C=O) groups is 2. The highest BCUT2D eigenvalue weighted by molar-refractivity contribution is 5.94. The average Bonchev–Trinajstić information content (AvgIpc) is 3.59. The van der Waals surface area contributed by atoms with Gasteiger partial charge in [-0.3, -0.25) is 14.3 Å². The topological polar surface area (TPSA) is 80.4 Å². The van der Waals surface area contributed by atoms with E-state index < -0.39 is 0 Å². The molecule has 7 nitrogen and oxygen atoms in total. The highest BCUT2D eigenvalue weighted by Gasteiger charge is 2.24. The van der Waals surface area contributed by atoms with Crippen LogP contribution >= 0.6 is 0 Å². The van der Waals surface area contributed by atoms with Crippen LogP contribution in [0.5, 0.6) is 0 Å². The number of nitrogens with zero attached hydrogens (tertiary/aromatic N) is 3. The van der Waals surface area contributed by atoms with Crippen LogP contribution in [-0.2, 0) is 11.3 Å². The van der Waals surface area contributed by atoms with Gasteiger partial charge in [-0.25, -0.2) is 0 Å². The minimum absolute atomic E-state index is 0.0324. The third-order valence-electron chi connectivity index (χ3n) is 6.34. The first-order valence-corrected chi connectivity index (χ1v) is 12.1. The lowest BCUT2D eigenvalue weighted by Crippen LogP contribution is -2.46. The van der Waals surface area contributed by atoms with Gasteiger partial charge in [-0.1, -0.05) is 60.7 Å². The predicted molar refractivity (Wildman–Crippen MR) is 138 cm³/mol. The smallest absolute Gasteiger partial charge is 0.257 e. The van der Waals surface area contributed by atoms with Crippen LogP contribution in [0.4, 0.5) is 0 Å². The molecule has 1 aliphatic rings. The second-order valence-electron chi connectivity index (χ2n) is 8.90. The summed E-state index contributed by atoms with van der Waals surface area (Å²) in [4.78, 5) is 27.0. The fourth-order valence-electron chi connectivity index (χ4n) is 4.44. The first-order valence-electron chi connectivity index (χ1n) is 12.1. The maximum atomic E-state index is 12.7. The second kappa shape index (κ2) is 10.9. The number of benzene rings is 2. The van der Waals surface area contributed by atoms with Gasteiger partial charge < -0.3 is 14.6 Å². The lowest BCUT2D eigenvalue weighted by Gasteiger charge is -2.32. The normalized spacial score (nSPS) is 14.3. The van der Waals surface area contributed by atoms with Crippen LogP contribution in [0.15, 0.2) is 95.9 Å². The molecular weight excluding hydrogens is 452 g/mol. The zero-order valence-electron chi connectivity index (χ0n) is 19.9. The van der Waals surface area contributed by atoms with Crippen LogP contribution in [0.25, 0.3) is 17.3 Å². The molecule has 0 unspecified atom stereocenters. The van der Waals surface area contributed by atoms with Gasteiger partial charge in [-0.05, 0) is 30.5 Å². The Kier molecular flexibility index (Phi) is 7.07. The van der Waals surface area contributed by atoms with Crippen molar-refractivity contribution in [2.24, 2.45) is 0 Å². The summed E-state index contributed by atoms with van der Waals surface area (Å²) in [5.74, 6) is -0.182. The molecular formula is C29H28N4O3. The molecule has 0 radical (unpaired) electrons. The molecule has 2 aromatic heterocycles. The summed E-state index contributed by atoms with van der Waals surface area (Å²) in [6, 6.07) is 21.8. The third-order valence-corrected chi connectivity index (χ3v) is 6.34. The molecule has 4 aromatic rings. The van der Waals surface area contributed by atoms with Crippen molar-refractivity contribution in [2.45, 2.75) is 25.4 Å². The summed E-state index contributed by atoms with van der Waals surface area (Å²) in [5, 5.41) is 7.88. The SMILES string of the molecule is O=C(/C=C/c1cn(Cc2ccccc2)nc1-c1ccccc1)NC1CCN(C(=O)c2ccoc2)CC1. The summed E-state index contributed by atoms with van der Waals surface area (Å²) >= 11 is 0. The van der Waals surface area contributed by atoms with E-state index in [1.54, 1.807) is 17.0 Å². The van der Waals surface area contributed by atoms with E-state index in [0.29, 0.717) is 38.0 Å². The van der Waals surface area contributed by atoms with Crippen LogP contribution in [-0.4, -0.2) is 45.6 Å². The van der Waals surface area contributed by atoms with E-state index in [4.69, 9.17) is 9.52 Å². The van der Waals surface area contributed by atoms with Gasteiger partial charge in [-0.2, -0.15) is 5.10 Å². The highest BCUT2D eigenvalue weighted by atomic mass is 16.3. The van der Waals surface area contributed by atoms with Crippen LogP contribution in [0, 0.1) is 0 Å². The Morgan fingerprint density at radius 1 is 1.00 bits per heavy atom. The van der Waals surface area contributed by atoms with Crippen molar-refractivity contribution in [2.75, 3.05) is 13.1 Å².